The third kappa shape index (κ3) is 3.51. The number of nitrogens with one attached hydrogen (secondary N) is 1. The van der Waals surface area contributed by atoms with Gasteiger partial charge in [0.25, 0.3) is 12.3 Å². The van der Waals surface area contributed by atoms with Gasteiger partial charge in [-0.1, -0.05) is 17.7 Å². The van der Waals surface area contributed by atoms with Crippen LogP contribution in [0, 0.1) is 0 Å². The molecule has 0 atom stereocenters. The Morgan fingerprint density at radius 1 is 1.37 bits per heavy atom. The van der Waals surface area contributed by atoms with Gasteiger partial charge in [-0.25, -0.2) is 13.8 Å². The average molecular weight is 286 g/mol. The van der Waals surface area contributed by atoms with Gasteiger partial charge in [-0.3, -0.25) is 4.79 Å². The molecule has 0 unspecified atom stereocenters. The molecule has 2 heterocycles. The molecule has 19 heavy (non-hydrogen) atoms. The molecule has 2 aromatic rings. The van der Waals surface area contributed by atoms with Crippen molar-refractivity contribution in [1.82, 2.24) is 9.55 Å². The van der Waals surface area contributed by atoms with Gasteiger partial charge in [-0.2, -0.15) is 0 Å². The largest absolute Gasteiger partial charge is 0.338 e. The highest BCUT2D eigenvalue weighted by atomic mass is 35.5. The second-order valence-electron chi connectivity index (χ2n) is 3.74. The smallest absolute Gasteiger partial charge is 0.273 e. The summed E-state index contributed by atoms with van der Waals surface area (Å²) in [4.78, 5) is 15.8. The van der Waals surface area contributed by atoms with E-state index >= 15 is 0 Å². The van der Waals surface area contributed by atoms with Crippen LogP contribution in [0.2, 0.25) is 5.15 Å². The van der Waals surface area contributed by atoms with Crippen molar-refractivity contribution in [2.45, 2.75) is 13.0 Å². The molecule has 0 radical (unpaired) electrons. The van der Waals surface area contributed by atoms with E-state index < -0.39 is 18.9 Å². The van der Waals surface area contributed by atoms with E-state index in [2.05, 4.69) is 10.3 Å². The number of rotatable bonds is 4. The number of carbonyl (C=O) groups is 1. The molecule has 0 saturated heterocycles. The molecule has 2 rings (SSSR count). The molecular formula is C12H10ClF2N3O. The number of anilines is 1. The van der Waals surface area contributed by atoms with Crippen molar-refractivity contribution in [1.29, 1.82) is 0 Å². The van der Waals surface area contributed by atoms with Crippen molar-refractivity contribution >= 4 is 23.3 Å². The Bertz CT molecular complexity index is 586. The molecule has 0 spiro atoms. The van der Waals surface area contributed by atoms with Crippen molar-refractivity contribution in [3.63, 3.8) is 0 Å². The molecule has 0 aromatic carbocycles. The molecule has 7 heteroatoms. The molecule has 0 saturated carbocycles. The topological polar surface area (TPSA) is 46.9 Å². The summed E-state index contributed by atoms with van der Waals surface area (Å²) in [5.41, 5.74) is 0.141. The summed E-state index contributed by atoms with van der Waals surface area (Å²) in [5.74, 6) is -0.247. The van der Waals surface area contributed by atoms with Crippen molar-refractivity contribution in [3.05, 3.63) is 47.4 Å². The van der Waals surface area contributed by atoms with E-state index in [1.807, 2.05) is 0 Å². The number of amides is 1. The summed E-state index contributed by atoms with van der Waals surface area (Å²) in [7, 11) is 0. The van der Waals surface area contributed by atoms with E-state index in [-0.39, 0.29) is 16.7 Å². The van der Waals surface area contributed by atoms with Crippen molar-refractivity contribution in [2.24, 2.45) is 0 Å². The predicted octanol–water partition coefficient (Wildman–Crippen LogP) is 3.05. The van der Waals surface area contributed by atoms with Crippen LogP contribution in [0.4, 0.5) is 14.6 Å². The maximum atomic E-state index is 12.3. The lowest BCUT2D eigenvalue weighted by atomic mass is 10.3. The summed E-state index contributed by atoms with van der Waals surface area (Å²) < 4.78 is 25.9. The van der Waals surface area contributed by atoms with E-state index in [0.717, 1.165) is 0 Å². The van der Waals surface area contributed by atoms with E-state index in [4.69, 9.17) is 11.6 Å². The zero-order valence-electron chi connectivity index (χ0n) is 9.69. The normalized spacial score (nSPS) is 10.7. The number of pyridine rings is 1. The van der Waals surface area contributed by atoms with Crippen molar-refractivity contribution < 1.29 is 13.6 Å². The van der Waals surface area contributed by atoms with Crippen LogP contribution < -0.4 is 5.32 Å². The molecule has 0 aliphatic rings. The predicted molar refractivity (Wildman–Crippen MR) is 67.6 cm³/mol. The van der Waals surface area contributed by atoms with Crippen molar-refractivity contribution in [3.8, 4) is 0 Å². The minimum absolute atomic E-state index is 0.141. The Morgan fingerprint density at radius 2 is 2.16 bits per heavy atom. The zero-order chi connectivity index (χ0) is 13.8. The molecule has 0 bridgehead atoms. The molecule has 1 amide bonds. The maximum Gasteiger partial charge on any atom is 0.273 e. The van der Waals surface area contributed by atoms with Gasteiger partial charge in [-0.05, 0) is 24.3 Å². The Balaban J connectivity index is 2.14. The highest BCUT2D eigenvalue weighted by Crippen LogP contribution is 2.12. The van der Waals surface area contributed by atoms with Crippen LogP contribution in [0.15, 0.2) is 36.5 Å². The second kappa shape index (κ2) is 5.79. The fraction of sp³-hybridized carbons (Fsp3) is 0.167. The standard InChI is InChI=1S/C12H10ClF2N3O/c13-9-4-1-5-11(16-9)17-12(19)8-3-2-6-18(8)7-10(14)15/h1-6,10H,7H2,(H,16,17,19). The van der Waals surface area contributed by atoms with Crippen LogP contribution in [0.1, 0.15) is 10.5 Å². The van der Waals surface area contributed by atoms with Gasteiger partial charge in [-0.15, -0.1) is 0 Å². The van der Waals surface area contributed by atoms with Crippen LogP contribution in [0.3, 0.4) is 0 Å². The summed E-state index contributed by atoms with van der Waals surface area (Å²) >= 11 is 5.69. The van der Waals surface area contributed by atoms with E-state index in [1.54, 1.807) is 18.2 Å². The number of halogens is 3. The van der Waals surface area contributed by atoms with Crippen LogP contribution in [-0.2, 0) is 6.54 Å². The highest BCUT2D eigenvalue weighted by Gasteiger charge is 2.14. The fourth-order valence-corrected chi connectivity index (χ4v) is 1.75. The number of hydrogen-bond acceptors (Lipinski definition) is 2. The summed E-state index contributed by atoms with van der Waals surface area (Å²) in [6, 6.07) is 7.75. The number of nitrogens with zero attached hydrogens (tertiary/aromatic N) is 2. The lowest BCUT2D eigenvalue weighted by molar-refractivity contribution is 0.0997. The Labute approximate surface area is 113 Å². The first-order chi connectivity index (χ1) is 9.06. The molecule has 0 aliphatic carbocycles. The fourth-order valence-electron chi connectivity index (χ4n) is 1.59. The third-order valence-electron chi connectivity index (χ3n) is 2.35. The van der Waals surface area contributed by atoms with Crippen molar-refractivity contribution in [2.75, 3.05) is 5.32 Å². The molecular weight excluding hydrogens is 276 g/mol. The number of alkyl halides is 2. The lowest BCUT2D eigenvalue weighted by Gasteiger charge is -2.08. The monoisotopic (exact) mass is 285 g/mol. The second-order valence-corrected chi connectivity index (χ2v) is 4.12. The molecule has 0 fully saturated rings. The van der Waals surface area contributed by atoms with Crippen LogP contribution >= 0.6 is 11.6 Å². The lowest BCUT2D eigenvalue weighted by Crippen LogP contribution is -2.19. The van der Waals surface area contributed by atoms with Gasteiger partial charge in [0.15, 0.2) is 0 Å². The van der Waals surface area contributed by atoms with Gasteiger partial charge in [0, 0.05) is 6.20 Å². The maximum absolute atomic E-state index is 12.3. The molecule has 0 aliphatic heterocycles. The zero-order valence-corrected chi connectivity index (χ0v) is 10.4. The number of hydrogen-bond donors (Lipinski definition) is 1. The molecule has 4 nitrogen and oxygen atoms in total. The number of aromatic nitrogens is 2. The van der Waals surface area contributed by atoms with E-state index in [0.29, 0.717) is 0 Å². The van der Waals surface area contributed by atoms with Gasteiger partial charge in [0.05, 0.1) is 6.54 Å². The summed E-state index contributed by atoms with van der Waals surface area (Å²) in [5, 5.41) is 2.74. The third-order valence-corrected chi connectivity index (χ3v) is 2.56. The Kier molecular flexibility index (Phi) is 4.11. The highest BCUT2D eigenvalue weighted by molar-refractivity contribution is 6.29. The van der Waals surface area contributed by atoms with Crippen LogP contribution in [0.25, 0.3) is 0 Å². The first kappa shape index (κ1) is 13.5. The Hall–Kier alpha value is -1.95. The van der Waals surface area contributed by atoms with Gasteiger partial charge >= 0.3 is 0 Å². The molecule has 100 valence electrons. The minimum Gasteiger partial charge on any atom is -0.338 e. The first-order valence-corrected chi connectivity index (χ1v) is 5.81. The SMILES string of the molecule is O=C(Nc1cccc(Cl)n1)c1cccn1CC(F)F. The Morgan fingerprint density at radius 3 is 2.84 bits per heavy atom. The van der Waals surface area contributed by atoms with Crippen LogP contribution in [-0.4, -0.2) is 21.9 Å². The van der Waals surface area contributed by atoms with Gasteiger partial charge in [0.2, 0.25) is 0 Å². The summed E-state index contributed by atoms with van der Waals surface area (Å²) in [6.45, 7) is -0.529. The summed E-state index contributed by atoms with van der Waals surface area (Å²) in [6.07, 6.45) is -1.10. The van der Waals surface area contributed by atoms with Gasteiger partial charge in [0.1, 0.15) is 16.7 Å². The molecule has 1 N–H and O–H groups in total. The first-order valence-electron chi connectivity index (χ1n) is 5.43. The van der Waals surface area contributed by atoms with E-state index in [1.165, 1.54) is 22.9 Å². The van der Waals surface area contributed by atoms with Gasteiger partial charge < -0.3 is 9.88 Å². The quantitative estimate of drug-likeness (QED) is 0.878. The van der Waals surface area contributed by atoms with Crippen LogP contribution in [0.5, 0.6) is 0 Å². The number of carbonyl (C=O) groups excluding carboxylic acids is 1. The van der Waals surface area contributed by atoms with E-state index in [9.17, 15) is 13.6 Å². The average Bonchev–Trinajstić information content (AvgIpc) is 2.76. The minimum atomic E-state index is -2.52. The molecule has 2 aromatic heterocycles.